The molecule has 0 aliphatic carbocycles. The van der Waals surface area contributed by atoms with Gasteiger partial charge in [-0.25, -0.2) is 13.4 Å². The van der Waals surface area contributed by atoms with Gasteiger partial charge in [0.05, 0.1) is 34.4 Å². The van der Waals surface area contributed by atoms with E-state index in [1.54, 1.807) is 18.2 Å². The second-order valence-corrected chi connectivity index (χ2v) is 11.2. The molecule has 0 radical (unpaired) electrons. The number of carbonyl (C=O) groups excluding carboxylic acids is 1. The Kier molecular flexibility index (Phi) is 7.08. The Balaban J connectivity index is 1.56. The van der Waals surface area contributed by atoms with Gasteiger partial charge >= 0.3 is 0 Å². The zero-order chi connectivity index (χ0) is 23.6. The molecular formula is C23H28N4O4S2. The van der Waals surface area contributed by atoms with Crippen LogP contribution in [-0.4, -0.2) is 59.7 Å². The summed E-state index contributed by atoms with van der Waals surface area (Å²) in [4.78, 5) is 17.6. The van der Waals surface area contributed by atoms with Crippen molar-refractivity contribution in [1.82, 2.24) is 13.9 Å². The van der Waals surface area contributed by atoms with E-state index in [1.165, 1.54) is 16.1 Å². The van der Waals surface area contributed by atoms with Crippen molar-refractivity contribution in [2.45, 2.75) is 42.6 Å². The summed E-state index contributed by atoms with van der Waals surface area (Å²) in [5.41, 5.74) is 3.31. The zero-order valence-electron chi connectivity index (χ0n) is 18.9. The van der Waals surface area contributed by atoms with Crippen molar-refractivity contribution in [3.05, 3.63) is 48.0 Å². The first-order valence-electron chi connectivity index (χ1n) is 10.9. The molecule has 1 fully saturated rings. The Hall–Kier alpha value is -2.40. The number of hydrogen-bond acceptors (Lipinski definition) is 6. The quantitative estimate of drug-likeness (QED) is 0.512. The monoisotopic (exact) mass is 488 g/mol. The highest BCUT2D eigenvalue weighted by atomic mass is 32.2. The first-order chi connectivity index (χ1) is 15.8. The van der Waals surface area contributed by atoms with Crippen molar-refractivity contribution in [3.63, 3.8) is 0 Å². The van der Waals surface area contributed by atoms with Gasteiger partial charge in [-0.3, -0.25) is 4.79 Å². The molecule has 8 nitrogen and oxygen atoms in total. The second-order valence-electron chi connectivity index (χ2n) is 7.92. The predicted molar refractivity (Wildman–Crippen MR) is 130 cm³/mol. The van der Waals surface area contributed by atoms with Gasteiger partial charge in [-0.15, -0.1) is 0 Å². The Morgan fingerprint density at radius 1 is 1.18 bits per heavy atom. The third-order valence-electron chi connectivity index (χ3n) is 5.58. The van der Waals surface area contributed by atoms with E-state index in [0.717, 1.165) is 16.8 Å². The number of aromatic nitrogens is 2. The maximum atomic E-state index is 13.0. The first kappa shape index (κ1) is 23.7. The molecule has 1 atom stereocenters. The summed E-state index contributed by atoms with van der Waals surface area (Å²) in [6, 6.07) is 12.7. The number of imidazole rings is 1. The predicted octanol–water partition coefficient (Wildman–Crippen LogP) is 3.50. The maximum Gasteiger partial charge on any atom is 0.243 e. The van der Waals surface area contributed by atoms with Crippen LogP contribution in [0, 0.1) is 6.92 Å². The van der Waals surface area contributed by atoms with Crippen molar-refractivity contribution in [3.8, 4) is 0 Å². The molecule has 0 saturated carbocycles. The van der Waals surface area contributed by atoms with Gasteiger partial charge in [-0.05, 0) is 51.1 Å². The van der Waals surface area contributed by atoms with E-state index in [1.807, 2.05) is 49.6 Å². The summed E-state index contributed by atoms with van der Waals surface area (Å²) in [6.45, 7) is 7.97. The number of amides is 1. The summed E-state index contributed by atoms with van der Waals surface area (Å²) in [5.74, 6) is -0.117. The second kappa shape index (κ2) is 9.84. The lowest BCUT2D eigenvalue weighted by Gasteiger charge is -2.26. The Morgan fingerprint density at radius 2 is 1.88 bits per heavy atom. The number of hydrogen-bond donors (Lipinski definition) is 1. The fourth-order valence-corrected chi connectivity index (χ4v) is 6.09. The largest absolute Gasteiger partial charge is 0.379 e. The number of nitrogens with one attached hydrogen (secondary N) is 1. The van der Waals surface area contributed by atoms with Gasteiger partial charge in [-0.2, -0.15) is 4.31 Å². The number of anilines is 1. The summed E-state index contributed by atoms with van der Waals surface area (Å²) in [7, 11) is -3.60. The molecular weight excluding hydrogens is 460 g/mol. The van der Waals surface area contributed by atoms with Crippen LogP contribution in [0.25, 0.3) is 11.0 Å². The Morgan fingerprint density at radius 3 is 2.55 bits per heavy atom. The van der Waals surface area contributed by atoms with Crippen LogP contribution in [0.3, 0.4) is 0 Å². The highest BCUT2D eigenvalue weighted by molar-refractivity contribution is 8.00. The third kappa shape index (κ3) is 5.08. The number of fused-ring (bicyclic) bond motifs is 1. The third-order valence-corrected chi connectivity index (χ3v) is 8.56. The number of thioether (sulfide) groups is 1. The van der Waals surface area contributed by atoms with Crippen molar-refractivity contribution in [2.75, 3.05) is 31.6 Å². The molecule has 1 amide bonds. The normalized spacial score (nSPS) is 16.1. The summed E-state index contributed by atoms with van der Waals surface area (Å²) >= 11 is 1.36. The molecule has 4 rings (SSSR count). The molecule has 33 heavy (non-hydrogen) atoms. The van der Waals surface area contributed by atoms with Crippen LogP contribution in [0.15, 0.2) is 52.5 Å². The molecule has 1 N–H and O–H groups in total. The van der Waals surface area contributed by atoms with E-state index in [2.05, 4.69) is 10.3 Å². The number of nitrogens with zero attached hydrogens (tertiary/aromatic N) is 3. The van der Waals surface area contributed by atoms with Crippen molar-refractivity contribution < 1.29 is 17.9 Å². The number of benzene rings is 2. The van der Waals surface area contributed by atoms with Gasteiger partial charge in [0.2, 0.25) is 15.9 Å². The molecule has 10 heteroatoms. The number of aryl methyl sites for hydroxylation is 2. The van der Waals surface area contributed by atoms with Crippen LogP contribution in [0.5, 0.6) is 0 Å². The van der Waals surface area contributed by atoms with Crippen LogP contribution in [0.2, 0.25) is 0 Å². The van der Waals surface area contributed by atoms with E-state index in [4.69, 9.17) is 4.74 Å². The van der Waals surface area contributed by atoms with Crippen molar-refractivity contribution in [1.29, 1.82) is 0 Å². The molecule has 2 heterocycles. The lowest BCUT2D eigenvalue weighted by Crippen LogP contribution is -2.40. The van der Waals surface area contributed by atoms with Crippen LogP contribution < -0.4 is 5.32 Å². The molecule has 1 aromatic heterocycles. The topological polar surface area (TPSA) is 93.5 Å². The van der Waals surface area contributed by atoms with Gasteiger partial charge in [-0.1, -0.05) is 29.5 Å². The maximum absolute atomic E-state index is 13.0. The highest BCUT2D eigenvalue weighted by Gasteiger charge is 2.27. The van der Waals surface area contributed by atoms with Gasteiger partial charge in [0.25, 0.3) is 0 Å². The molecule has 1 aliphatic heterocycles. The molecule has 1 saturated heterocycles. The molecule has 0 bridgehead atoms. The molecule has 1 aliphatic rings. The Bertz CT molecular complexity index is 1250. The van der Waals surface area contributed by atoms with Crippen LogP contribution in [0.4, 0.5) is 5.69 Å². The smallest absolute Gasteiger partial charge is 0.243 e. The van der Waals surface area contributed by atoms with Gasteiger partial charge in [0, 0.05) is 25.3 Å². The standard InChI is InChI=1S/C23H28N4O4S2/c1-4-27-21-10-9-19(33(29,30)26-11-13-31-14-12-26)15-20(21)25-23(27)32-17(3)22(28)24-18-7-5-16(2)6-8-18/h5-10,15,17H,4,11-14H2,1-3H3,(H,24,28). The number of carbonyl (C=O) groups is 1. The van der Waals surface area contributed by atoms with Crippen molar-refractivity contribution >= 4 is 44.4 Å². The van der Waals surface area contributed by atoms with E-state index in [-0.39, 0.29) is 16.1 Å². The van der Waals surface area contributed by atoms with Crippen LogP contribution in [-0.2, 0) is 26.1 Å². The fraction of sp³-hybridized carbons (Fsp3) is 0.391. The van der Waals surface area contributed by atoms with E-state index < -0.39 is 10.0 Å². The molecule has 3 aromatic rings. The minimum atomic E-state index is -3.60. The Labute approximate surface area is 198 Å². The number of morpholine rings is 1. The number of sulfonamides is 1. The summed E-state index contributed by atoms with van der Waals surface area (Å²) in [6.07, 6.45) is 0. The average Bonchev–Trinajstić information content (AvgIpc) is 3.17. The fourth-order valence-electron chi connectivity index (χ4n) is 3.67. The minimum absolute atomic E-state index is 0.117. The van der Waals surface area contributed by atoms with Crippen LogP contribution >= 0.6 is 11.8 Å². The van der Waals surface area contributed by atoms with Crippen LogP contribution in [0.1, 0.15) is 19.4 Å². The number of rotatable bonds is 7. The van der Waals surface area contributed by atoms with Crippen molar-refractivity contribution in [2.24, 2.45) is 0 Å². The zero-order valence-corrected chi connectivity index (χ0v) is 20.6. The summed E-state index contributed by atoms with van der Waals surface area (Å²) < 4.78 is 34.8. The number of ether oxygens (including phenoxy) is 1. The lowest BCUT2D eigenvalue weighted by atomic mass is 10.2. The van der Waals surface area contributed by atoms with E-state index in [9.17, 15) is 13.2 Å². The average molecular weight is 489 g/mol. The van der Waals surface area contributed by atoms with E-state index >= 15 is 0 Å². The molecule has 1 unspecified atom stereocenters. The SMILES string of the molecule is CCn1c(SC(C)C(=O)Nc2ccc(C)cc2)nc2cc(S(=O)(=O)N3CCOCC3)ccc21. The molecule has 2 aromatic carbocycles. The molecule has 0 spiro atoms. The van der Waals surface area contributed by atoms with Gasteiger partial charge in [0.1, 0.15) is 0 Å². The van der Waals surface area contributed by atoms with Gasteiger partial charge < -0.3 is 14.6 Å². The summed E-state index contributed by atoms with van der Waals surface area (Å²) in [5, 5.41) is 3.23. The minimum Gasteiger partial charge on any atom is -0.379 e. The van der Waals surface area contributed by atoms with Gasteiger partial charge in [0.15, 0.2) is 5.16 Å². The lowest BCUT2D eigenvalue weighted by molar-refractivity contribution is -0.115. The highest BCUT2D eigenvalue weighted by Crippen LogP contribution is 2.30. The molecule has 176 valence electrons. The van der Waals surface area contributed by atoms with E-state index in [0.29, 0.717) is 43.5 Å². The first-order valence-corrected chi connectivity index (χ1v) is 13.2.